The molecule has 0 atom stereocenters. The van der Waals surface area contributed by atoms with E-state index in [2.05, 4.69) is 0 Å². The van der Waals surface area contributed by atoms with Gasteiger partial charge in [-0.05, 0) is 0 Å². The van der Waals surface area contributed by atoms with Crippen molar-refractivity contribution < 1.29 is 5.21 Å². The van der Waals surface area contributed by atoms with Gasteiger partial charge in [-0.2, -0.15) is 0 Å². The highest BCUT2D eigenvalue weighted by Gasteiger charge is 1.18. The van der Waals surface area contributed by atoms with E-state index in [-0.39, 0.29) is 0 Å². The van der Waals surface area contributed by atoms with E-state index in [1.54, 1.807) is 0 Å². The molecule has 0 saturated heterocycles. The van der Waals surface area contributed by atoms with Crippen molar-refractivity contribution in [1.29, 1.82) is 0 Å². The molecule has 6 heavy (non-hydrogen) atoms. The second-order valence-electron chi connectivity index (χ2n) is 0.163. The van der Waals surface area contributed by atoms with Crippen molar-refractivity contribution in [3.05, 3.63) is 15.3 Å². The monoisotopic (exact) mass is 91.0 g/mol. The topological polar surface area (TPSA) is 103 Å². The van der Waals surface area contributed by atoms with Gasteiger partial charge in [0.15, 0.2) is 10.2 Å². The minimum absolute atomic E-state index is 1.25. The molecule has 0 aliphatic carbocycles. The first-order chi connectivity index (χ1) is 2.83. The van der Waals surface area contributed by atoms with Crippen molar-refractivity contribution in [3.63, 3.8) is 0 Å². The Bertz CT molecular complexity index is 51.1. The van der Waals surface area contributed by atoms with Gasteiger partial charge in [0.05, 0.1) is 0 Å². The summed E-state index contributed by atoms with van der Waals surface area (Å²) in [6.07, 6.45) is 0. The van der Waals surface area contributed by atoms with Crippen molar-refractivity contribution in [1.82, 2.24) is 4.97 Å². The van der Waals surface area contributed by atoms with Crippen LogP contribution in [0.15, 0.2) is 5.34 Å². The van der Waals surface area contributed by atoms with Crippen LogP contribution in [0.3, 0.4) is 0 Å². The van der Waals surface area contributed by atoms with Gasteiger partial charge < -0.3 is 5.21 Å². The molecule has 1 N–H and O–H groups in total. The summed E-state index contributed by atoms with van der Waals surface area (Å²) >= 11 is 0. The third-order valence-corrected chi connectivity index (χ3v) is 0. The fraction of sp³-hybridized carbons (Fsp3) is 0. The molecule has 0 fully saturated rings. The van der Waals surface area contributed by atoms with E-state index in [1.807, 2.05) is 0 Å². The first-order valence-corrected chi connectivity index (χ1v) is 0.765. The molecule has 34 valence electrons. The van der Waals surface area contributed by atoms with Crippen LogP contribution in [0.25, 0.3) is 5.53 Å². The van der Waals surface area contributed by atoms with Gasteiger partial charge in [-0.1, -0.05) is 0 Å². The summed E-state index contributed by atoms with van der Waals surface area (Å²) in [6, 6.07) is 0. The minimum atomic E-state index is 1.25. The normalized spacial score (nSPS) is 3.33. The quantitative estimate of drug-likeness (QED) is 0.196. The zero-order valence-electron chi connectivity index (χ0n) is 2.61. The van der Waals surface area contributed by atoms with E-state index in [0.29, 0.717) is 0 Å². The maximum absolute atomic E-state index is 8.11. The lowest BCUT2D eigenvalue weighted by Gasteiger charge is -1.32. The fourth-order valence-electron chi connectivity index (χ4n) is 0. The van der Waals surface area contributed by atoms with Crippen molar-refractivity contribution in [3.8, 4) is 0 Å². The Labute approximate surface area is 32.2 Å². The van der Waals surface area contributed by atoms with Gasteiger partial charge in [0.25, 0.3) is 0 Å². The Morgan fingerprint density at radius 1 is 1.83 bits per heavy atom. The summed E-state index contributed by atoms with van der Waals surface area (Å²) in [6.45, 7) is 0. The summed E-state index contributed by atoms with van der Waals surface area (Å²) in [5.74, 6) is 0. The van der Waals surface area contributed by atoms with E-state index in [9.17, 15) is 0 Å². The van der Waals surface area contributed by atoms with Crippen LogP contribution in [-0.2, 0) is 0 Å². The molecule has 0 bridgehead atoms. The van der Waals surface area contributed by atoms with Crippen molar-refractivity contribution in [2.24, 2.45) is 5.34 Å². The average molecular weight is 91.0 g/mol. The van der Waals surface area contributed by atoms with Crippen LogP contribution in [0.2, 0.25) is 0 Å². The lowest BCUT2D eigenvalue weighted by Crippen LogP contribution is -1.25. The molecule has 0 aromatic carbocycles. The molecule has 0 aromatic rings. The molecule has 0 heterocycles. The average Bonchev–Trinajstić information content (AvgIpc) is 1.39. The number of hydrogen-bond acceptors (Lipinski definition) is 3. The fourth-order valence-corrected chi connectivity index (χ4v) is 0. The summed E-state index contributed by atoms with van der Waals surface area (Å²) in [4.78, 5) is 17.5. The van der Waals surface area contributed by atoms with Gasteiger partial charge in [0, 0.05) is 0 Å². The summed E-state index contributed by atoms with van der Waals surface area (Å²) < 4.78 is 0. The molecule has 0 aliphatic heterocycles. The Hall–Kier alpha value is -1.29. The smallest absolute Gasteiger partial charge is 0.152 e. The lowest BCUT2D eigenvalue weighted by molar-refractivity contribution is 0.312. The molecular weight excluding hydrogens is 90.0 g/mol. The highest BCUT2D eigenvalue weighted by atomic mass is 16.6. The first kappa shape index (κ1) is 8.83. The third-order valence-electron chi connectivity index (χ3n) is 0. The molecule has 0 saturated carbocycles. The molecule has 0 amide bonds. The molecular formula is HN3O3. The second kappa shape index (κ2) is 54.1. The van der Waals surface area contributed by atoms with Crippen molar-refractivity contribution in [2.75, 3.05) is 0 Å². The van der Waals surface area contributed by atoms with Crippen LogP contribution in [0.5, 0.6) is 0 Å². The first-order valence-electron chi connectivity index (χ1n) is 0.765. The molecule has 0 spiro atoms. The van der Waals surface area contributed by atoms with Crippen LogP contribution in [0, 0.1) is 9.81 Å². The van der Waals surface area contributed by atoms with Gasteiger partial charge >= 0.3 is 0 Å². The van der Waals surface area contributed by atoms with Crippen molar-refractivity contribution in [2.45, 2.75) is 0 Å². The molecule has 0 radical (unpaired) electrons. The second-order valence-corrected chi connectivity index (χ2v) is 0.163. The van der Waals surface area contributed by atoms with E-state index >= 15 is 0 Å². The standard InChI is InChI=1S/N2O.HNO2/c1-2-3;2-1-3/h;(H,2,3). The van der Waals surface area contributed by atoms with Gasteiger partial charge in [0.1, 0.15) is 4.97 Å². The van der Waals surface area contributed by atoms with Gasteiger partial charge in [-0.25, -0.2) is 0 Å². The van der Waals surface area contributed by atoms with Gasteiger partial charge in [-0.15, -0.1) is 4.91 Å². The lowest BCUT2D eigenvalue weighted by atomic mass is 13.2. The summed E-state index contributed by atoms with van der Waals surface area (Å²) in [7, 11) is 0. The Balaban J connectivity index is 0. The SMILES string of the molecule is O=NO.[N-]=[N+]=O. The third kappa shape index (κ3) is 4.76. The largest absolute Gasteiger partial charge is 0.379 e. The van der Waals surface area contributed by atoms with Crippen molar-refractivity contribution >= 4 is 0 Å². The highest BCUT2D eigenvalue weighted by molar-refractivity contribution is 3.92. The van der Waals surface area contributed by atoms with E-state index in [1.165, 1.54) is 10.3 Å². The maximum Gasteiger partial charge on any atom is 0.152 e. The maximum atomic E-state index is 8.11. The van der Waals surface area contributed by atoms with Crippen LogP contribution in [-0.4, -0.2) is 5.21 Å². The molecule has 6 nitrogen and oxygen atoms in total. The van der Waals surface area contributed by atoms with E-state index in [0.717, 1.165) is 0 Å². The highest BCUT2D eigenvalue weighted by Crippen LogP contribution is 1.25. The summed E-state index contributed by atoms with van der Waals surface area (Å²) in [5.41, 5.74) is 6.64. The van der Waals surface area contributed by atoms with Gasteiger partial charge in [-0.3, -0.25) is 5.53 Å². The minimum Gasteiger partial charge on any atom is -0.379 e. The molecule has 0 unspecified atom stereocenters. The number of rotatable bonds is 0. The number of nitroso groups, excluding NO2 is 1. The van der Waals surface area contributed by atoms with E-state index < -0.39 is 0 Å². The zero-order chi connectivity index (χ0) is 5.41. The Kier molecular flexibility index (Phi) is 79.5. The number of hydrogen-bond donors (Lipinski definition) is 1. The molecule has 0 aromatic heterocycles. The van der Waals surface area contributed by atoms with Crippen LogP contribution >= 0.6 is 0 Å². The predicted octanol–water partition coefficient (Wildman–Crippen LogP) is -0.0164. The number of nitrogens with zero attached hydrogens (tertiary/aromatic N) is 3. The van der Waals surface area contributed by atoms with Crippen LogP contribution in [0.4, 0.5) is 0 Å². The predicted molar refractivity (Wildman–Crippen MR) is 16.4 cm³/mol. The van der Waals surface area contributed by atoms with Crippen LogP contribution < -0.4 is 4.97 Å². The van der Waals surface area contributed by atoms with E-state index in [4.69, 9.17) is 20.6 Å². The molecule has 6 heteroatoms. The molecule has 0 rings (SSSR count). The van der Waals surface area contributed by atoms with Crippen LogP contribution in [0.1, 0.15) is 0 Å². The molecule has 0 aliphatic rings. The zero-order valence-corrected chi connectivity index (χ0v) is 2.61. The van der Waals surface area contributed by atoms with Gasteiger partial charge in [0.2, 0.25) is 0 Å². The summed E-state index contributed by atoms with van der Waals surface area (Å²) in [5, 5.41) is 7.89. The Morgan fingerprint density at radius 2 is 1.83 bits per heavy atom. The Morgan fingerprint density at radius 3 is 1.83 bits per heavy atom.